The molecular weight excluding hydrogens is 324 g/mol. The average molecular weight is 345 g/mol. The first-order valence-corrected chi connectivity index (χ1v) is 8.55. The lowest BCUT2D eigenvalue weighted by Crippen LogP contribution is -2.32. The average Bonchev–Trinajstić information content (AvgIpc) is 2.95. The number of methoxy groups -OCH3 is 1. The molecule has 1 fully saturated rings. The van der Waals surface area contributed by atoms with Crippen LogP contribution in [0.1, 0.15) is 17.2 Å². The molecule has 0 N–H and O–H groups in total. The summed E-state index contributed by atoms with van der Waals surface area (Å²) in [6, 6.07) is 11.4. The van der Waals surface area contributed by atoms with Crippen LogP contribution in [0, 0.1) is 23.5 Å². The lowest BCUT2D eigenvalue weighted by atomic mass is 9.85. The zero-order chi connectivity index (χ0) is 17.4. The van der Waals surface area contributed by atoms with E-state index in [1.807, 2.05) is 0 Å². The normalized spacial score (nSPS) is 25.3. The first-order chi connectivity index (χ1) is 12.2. The molecule has 3 nitrogen and oxygen atoms in total. The highest BCUT2D eigenvalue weighted by Gasteiger charge is 2.46. The number of halogens is 2. The molecule has 2 heterocycles. The molecule has 4 rings (SSSR count). The van der Waals surface area contributed by atoms with Gasteiger partial charge >= 0.3 is 0 Å². The fourth-order valence-electron chi connectivity index (χ4n) is 4.18. The summed E-state index contributed by atoms with van der Waals surface area (Å²) in [5, 5.41) is 0. The Kier molecular flexibility index (Phi) is 4.44. The summed E-state index contributed by atoms with van der Waals surface area (Å²) in [6.07, 6.45) is 0. The summed E-state index contributed by atoms with van der Waals surface area (Å²) in [4.78, 5) is 2.34. The van der Waals surface area contributed by atoms with Crippen molar-refractivity contribution in [2.75, 3.05) is 26.9 Å². The summed E-state index contributed by atoms with van der Waals surface area (Å²) < 4.78 is 38.3. The molecule has 0 radical (unpaired) electrons. The summed E-state index contributed by atoms with van der Waals surface area (Å²) in [5.74, 6) is 0.852. The maximum Gasteiger partial charge on any atom is 0.124 e. The minimum absolute atomic E-state index is 0.0876. The Bertz CT molecular complexity index is 750. The fourth-order valence-corrected chi connectivity index (χ4v) is 4.18. The van der Waals surface area contributed by atoms with Gasteiger partial charge < -0.3 is 9.47 Å². The minimum Gasteiger partial charge on any atom is -0.493 e. The van der Waals surface area contributed by atoms with Crippen molar-refractivity contribution in [2.24, 2.45) is 11.8 Å². The van der Waals surface area contributed by atoms with Crippen LogP contribution in [0.2, 0.25) is 0 Å². The predicted octanol–water partition coefficient (Wildman–Crippen LogP) is 3.79. The maximum atomic E-state index is 13.9. The topological polar surface area (TPSA) is 21.7 Å². The second-order valence-corrected chi connectivity index (χ2v) is 6.87. The van der Waals surface area contributed by atoms with Crippen LogP contribution in [0.4, 0.5) is 8.78 Å². The third kappa shape index (κ3) is 3.14. The van der Waals surface area contributed by atoms with E-state index in [9.17, 15) is 8.78 Å². The quantitative estimate of drug-likeness (QED) is 0.841. The van der Waals surface area contributed by atoms with Crippen molar-refractivity contribution in [3.05, 3.63) is 65.2 Å². The zero-order valence-electron chi connectivity index (χ0n) is 14.1. The second-order valence-electron chi connectivity index (χ2n) is 6.87. The standard InChI is InChI=1S/C20H21F2NO2/c1-24-11-14-10-23(9-13-2-4-15(21)5-3-13)20-17-8-16(22)6-7-19(17)25-12-18(14)20/h2-8,14,18,20H,9-12H2,1H3/t14-,18-,20-/m0/s1. The van der Waals surface area contributed by atoms with Crippen molar-refractivity contribution in [3.8, 4) is 5.75 Å². The van der Waals surface area contributed by atoms with Crippen LogP contribution in [-0.4, -0.2) is 31.8 Å². The Morgan fingerprint density at radius 1 is 1.12 bits per heavy atom. The van der Waals surface area contributed by atoms with Crippen LogP contribution in [-0.2, 0) is 11.3 Å². The van der Waals surface area contributed by atoms with Crippen molar-refractivity contribution in [1.82, 2.24) is 4.90 Å². The fraction of sp³-hybridized carbons (Fsp3) is 0.400. The molecule has 0 unspecified atom stereocenters. The van der Waals surface area contributed by atoms with E-state index in [4.69, 9.17) is 9.47 Å². The van der Waals surface area contributed by atoms with Gasteiger partial charge in [0.15, 0.2) is 0 Å². The maximum absolute atomic E-state index is 13.9. The van der Waals surface area contributed by atoms with Crippen molar-refractivity contribution < 1.29 is 18.3 Å². The molecule has 5 heteroatoms. The molecule has 2 aliphatic rings. The molecule has 2 aromatic carbocycles. The van der Waals surface area contributed by atoms with Crippen molar-refractivity contribution in [1.29, 1.82) is 0 Å². The molecule has 25 heavy (non-hydrogen) atoms. The van der Waals surface area contributed by atoms with Gasteiger partial charge in [-0.05, 0) is 35.9 Å². The number of benzene rings is 2. The monoisotopic (exact) mass is 345 g/mol. The van der Waals surface area contributed by atoms with Gasteiger partial charge in [-0.25, -0.2) is 8.78 Å². The molecule has 1 saturated heterocycles. The van der Waals surface area contributed by atoms with Crippen molar-refractivity contribution in [3.63, 3.8) is 0 Å². The van der Waals surface area contributed by atoms with Crippen LogP contribution >= 0.6 is 0 Å². The molecule has 0 aromatic heterocycles. The number of hydrogen-bond donors (Lipinski definition) is 0. The van der Waals surface area contributed by atoms with E-state index in [0.29, 0.717) is 25.7 Å². The first kappa shape index (κ1) is 16.5. The van der Waals surface area contributed by atoms with Gasteiger partial charge in [0.1, 0.15) is 17.4 Å². The van der Waals surface area contributed by atoms with Gasteiger partial charge in [0.05, 0.1) is 13.2 Å². The molecule has 0 saturated carbocycles. The van der Waals surface area contributed by atoms with E-state index in [1.54, 1.807) is 31.4 Å². The van der Waals surface area contributed by atoms with Crippen molar-refractivity contribution >= 4 is 0 Å². The molecule has 2 aromatic rings. The third-order valence-corrected chi connectivity index (χ3v) is 5.27. The second kappa shape index (κ2) is 6.73. The minimum atomic E-state index is -0.250. The molecule has 0 spiro atoms. The number of nitrogens with zero attached hydrogens (tertiary/aromatic N) is 1. The number of rotatable bonds is 4. The molecule has 3 atom stereocenters. The third-order valence-electron chi connectivity index (χ3n) is 5.27. The van der Waals surface area contributed by atoms with Crippen molar-refractivity contribution in [2.45, 2.75) is 12.6 Å². The van der Waals surface area contributed by atoms with Gasteiger partial charge in [0, 0.05) is 43.6 Å². The summed E-state index contributed by atoms with van der Waals surface area (Å²) in [7, 11) is 1.70. The molecule has 132 valence electrons. The van der Waals surface area contributed by atoms with Gasteiger partial charge in [-0.1, -0.05) is 12.1 Å². The highest BCUT2D eigenvalue weighted by atomic mass is 19.1. The van der Waals surface area contributed by atoms with Crippen LogP contribution in [0.3, 0.4) is 0 Å². The summed E-state index contributed by atoms with van der Waals surface area (Å²) >= 11 is 0. The van der Waals surface area contributed by atoms with Gasteiger partial charge in [0.25, 0.3) is 0 Å². The molecule has 2 aliphatic heterocycles. The van der Waals surface area contributed by atoms with Crippen LogP contribution in [0.5, 0.6) is 5.75 Å². The van der Waals surface area contributed by atoms with Gasteiger partial charge in [-0.15, -0.1) is 0 Å². The van der Waals surface area contributed by atoms with E-state index >= 15 is 0 Å². The molecule has 0 aliphatic carbocycles. The Morgan fingerprint density at radius 2 is 1.88 bits per heavy atom. The SMILES string of the molecule is COC[C@@H]1CN(Cc2ccc(F)cc2)[C@H]2c3cc(F)ccc3OC[C@@H]12. The van der Waals surface area contributed by atoms with E-state index in [-0.39, 0.29) is 23.6 Å². The smallest absolute Gasteiger partial charge is 0.124 e. The largest absolute Gasteiger partial charge is 0.493 e. The van der Waals surface area contributed by atoms with Gasteiger partial charge in [-0.2, -0.15) is 0 Å². The van der Waals surface area contributed by atoms with Crippen LogP contribution in [0.15, 0.2) is 42.5 Å². The van der Waals surface area contributed by atoms with Crippen LogP contribution < -0.4 is 4.74 Å². The number of hydrogen-bond acceptors (Lipinski definition) is 3. The highest BCUT2D eigenvalue weighted by Crippen LogP contribution is 2.48. The van der Waals surface area contributed by atoms with Gasteiger partial charge in [0.2, 0.25) is 0 Å². The zero-order valence-corrected chi connectivity index (χ0v) is 14.1. The number of likely N-dealkylation sites (tertiary alicyclic amines) is 1. The lowest BCUT2D eigenvalue weighted by Gasteiger charge is -2.34. The molecular formula is C20H21F2NO2. The Balaban J connectivity index is 1.67. The number of ether oxygens (including phenoxy) is 2. The Hall–Kier alpha value is -1.98. The Labute approximate surface area is 146 Å². The van der Waals surface area contributed by atoms with E-state index in [2.05, 4.69) is 4.90 Å². The Morgan fingerprint density at radius 3 is 2.64 bits per heavy atom. The van der Waals surface area contributed by atoms with Gasteiger partial charge in [-0.3, -0.25) is 4.90 Å². The molecule has 0 amide bonds. The number of fused-ring (bicyclic) bond motifs is 3. The van der Waals surface area contributed by atoms with E-state index in [0.717, 1.165) is 23.4 Å². The summed E-state index contributed by atoms with van der Waals surface area (Å²) in [5.41, 5.74) is 1.94. The molecule has 0 bridgehead atoms. The van der Waals surface area contributed by atoms with E-state index < -0.39 is 0 Å². The lowest BCUT2D eigenvalue weighted by molar-refractivity contribution is 0.0981. The predicted molar refractivity (Wildman–Crippen MR) is 90.3 cm³/mol. The van der Waals surface area contributed by atoms with E-state index in [1.165, 1.54) is 18.2 Å². The first-order valence-electron chi connectivity index (χ1n) is 8.55. The summed E-state index contributed by atoms with van der Waals surface area (Å²) in [6.45, 7) is 2.80. The van der Waals surface area contributed by atoms with Crippen LogP contribution in [0.25, 0.3) is 0 Å². The highest BCUT2D eigenvalue weighted by molar-refractivity contribution is 5.40.